The molecule has 4 heteroatoms. The summed E-state index contributed by atoms with van der Waals surface area (Å²) in [6.07, 6.45) is 3.54. The van der Waals surface area contributed by atoms with E-state index in [1.165, 1.54) is 12.1 Å². The van der Waals surface area contributed by atoms with Crippen LogP contribution < -0.4 is 0 Å². The molecule has 2 aromatic carbocycles. The highest BCUT2D eigenvalue weighted by molar-refractivity contribution is 6.03. The maximum absolute atomic E-state index is 14.7. The largest absolute Gasteiger partial charge is 0.361 e. The molecule has 4 rings (SSSR count). The zero-order chi connectivity index (χ0) is 17.9. The number of rotatable bonds is 4. The smallest absolute Gasteiger partial charge is 0.131 e. The van der Waals surface area contributed by atoms with Crippen molar-refractivity contribution in [3.63, 3.8) is 0 Å². The summed E-state index contributed by atoms with van der Waals surface area (Å²) >= 11 is 0. The summed E-state index contributed by atoms with van der Waals surface area (Å²) in [6.45, 7) is 0. The van der Waals surface area contributed by atoms with Gasteiger partial charge in [-0.3, -0.25) is 0 Å². The molecule has 2 nitrogen and oxygen atoms in total. The summed E-state index contributed by atoms with van der Waals surface area (Å²) < 4.78 is 29.4. The molecular weight excluding hydrogens is 330 g/mol. The minimum atomic E-state index is -0.363. The van der Waals surface area contributed by atoms with E-state index in [1.807, 2.05) is 24.3 Å². The van der Waals surface area contributed by atoms with E-state index in [2.05, 4.69) is 9.97 Å². The average molecular weight is 346 g/mol. The van der Waals surface area contributed by atoms with E-state index in [9.17, 15) is 8.78 Å². The Morgan fingerprint density at radius 1 is 0.538 bits per heavy atom. The van der Waals surface area contributed by atoms with Crippen molar-refractivity contribution in [1.82, 2.24) is 9.97 Å². The third-order valence-electron chi connectivity index (χ3n) is 4.27. The Labute approximate surface area is 149 Å². The topological polar surface area (TPSA) is 31.6 Å². The van der Waals surface area contributed by atoms with Crippen LogP contribution in [0.3, 0.4) is 0 Å². The lowest BCUT2D eigenvalue weighted by molar-refractivity contribution is 0.622. The maximum atomic E-state index is 14.7. The van der Waals surface area contributed by atoms with Crippen molar-refractivity contribution in [1.29, 1.82) is 0 Å². The van der Waals surface area contributed by atoms with E-state index in [1.54, 1.807) is 48.8 Å². The molecule has 0 saturated heterocycles. The Kier molecular flexibility index (Phi) is 4.23. The van der Waals surface area contributed by atoms with Crippen LogP contribution in [-0.2, 0) is 0 Å². The molecule has 2 N–H and O–H groups in total. The van der Waals surface area contributed by atoms with E-state index >= 15 is 0 Å². The lowest BCUT2D eigenvalue weighted by atomic mass is 9.90. The molecule has 0 aliphatic rings. The standard InChI is InChI=1S/C22H16F2N2/c23-17-9-3-1-7-15(17)21(19-11-5-13-25-19)22(20-12-6-14-26-20)16-8-2-4-10-18(16)24/h1-14,25-26H/b22-21-. The van der Waals surface area contributed by atoms with Crippen LogP contribution in [0.25, 0.3) is 11.1 Å². The van der Waals surface area contributed by atoms with Crippen LogP contribution in [0.1, 0.15) is 22.5 Å². The van der Waals surface area contributed by atoms with Crippen LogP contribution in [0.4, 0.5) is 8.78 Å². The number of aromatic amines is 2. The number of hydrogen-bond acceptors (Lipinski definition) is 0. The van der Waals surface area contributed by atoms with Gasteiger partial charge in [0.15, 0.2) is 0 Å². The van der Waals surface area contributed by atoms with Crippen molar-refractivity contribution in [2.75, 3.05) is 0 Å². The Morgan fingerprint density at radius 3 is 1.31 bits per heavy atom. The van der Waals surface area contributed by atoms with Gasteiger partial charge in [-0.2, -0.15) is 0 Å². The van der Waals surface area contributed by atoms with E-state index in [0.29, 0.717) is 33.7 Å². The summed E-state index contributed by atoms with van der Waals surface area (Å²) in [4.78, 5) is 6.27. The third-order valence-corrected chi connectivity index (χ3v) is 4.27. The Balaban J connectivity index is 2.13. The third kappa shape index (κ3) is 2.86. The Bertz CT molecular complexity index is 960. The summed E-state index contributed by atoms with van der Waals surface area (Å²) in [6, 6.07) is 20.4. The van der Waals surface area contributed by atoms with Crippen LogP contribution in [0.5, 0.6) is 0 Å². The first-order valence-corrected chi connectivity index (χ1v) is 8.27. The first kappa shape index (κ1) is 16.1. The molecule has 2 heterocycles. The summed E-state index contributed by atoms with van der Waals surface area (Å²) in [7, 11) is 0. The summed E-state index contributed by atoms with van der Waals surface area (Å²) in [5.41, 5.74) is 3.43. The molecule has 0 saturated carbocycles. The predicted octanol–water partition coefficient (Wildman–Crippen LogP) is 5.63. The molecule has 0 atom stereocenters. The number of halogens is 2. The average Bonchev–Trinajstić information content (AvgIpc) is 3.35. The second-order valence-corrected chi connectivity index (χ2v) is 5.88. The predicted molar refractivity (Wildman–Crippen MR) is 99.4 cm³/mol. The van der Waals surface area contributed by atoms with Gasteiger partial charge in [-0.05, 0) is 36.4 Å². The molecule has 4 aromatic rings. The number of nitrogens with one attached hydrogen (secondary N) is 2. The van der Waals surface area contributed by atoms with Crippen LogP contribution in [0.2, 0.25) is 0 Å². The normalized spacial score (nSPS) is 12.1. The Hall–Kier alpha value is -3.40. The van der Waals surface area contributed by atoms with Crippen LogP contribution in [0.15, 0.2) is 85.2 Å². The van der Waals surface area contributed by atoms with Gasteiger partial charge in [0.2, 0.25) is 0 Å². The second-order valence-electron chi connectivity index (χ2n) is 5.88. The molecule has 0 aliphatic heterocycles. The highest BCUT2D eigenvalue weighted by atomic mass is 19.1. The fourth-order valence-electron chi connectivity index (χ4n) is 3.13. The van der Waals surface area contributed by atoms with Crippen molar-refractivity contribution >= 4 is 11.1 Å². The van der Waals surface area contributed by atoms with Gasteiger partial charge < -0.3 is 9.97 Å². The molecule has 0 aliphatic carbocycles. The molecule has 0 unspecified atom stereocenters. The quantitative estimate of drug-likeness (QED) is 0.449. The SMILES string of the molecule is Fc1ccccc1/C(=C(/c1ccc[nH]1)c1ccccc1F)c1ccc[nH]1. The van der Waals surface area contributed by atoms with Gasteiger partial charge in [0.1, 0.15) is 11.6 Å². The van der Waals surface area contributed by atoms with Crippen molar-refractivity contribution in [3.05, 3.63) is 119 Å². The molecule has 0 spiro atoms. The van der Waals surface area contributed by atoms with Crippen LogP contribution in [-0.4, -0.2) is 9.97 Å². The zero-order valence-corrected chi connectivity index (χ0v) is 13.8. The molecular formula is C22H16F2N2. The fraction of sp³-hybridized carbons (Fsp3) is 0. The van der Waals surface area contributed by atoms with E-state index in [4.69, 9.17) is 0 Å². The van der Waals surface area contributed by atoms with Crippen molar-refractivity contribution < 1.29 is 8.78 Å². The molecule has 26 heavy (non-hydrogen) atoms. The van der Waals surface area contributed by atoms with Gasteiger partial charge in [0, 0.05) is 46.1 Å². The first-order valence-electron chi connectivity index (χ1n) is 8.27. The first-order chi connectivity index (χ1) is 12.8. The highest BCUT2D eigenvalue weighted by Crippen LogP contribution is 2.37. The van der Waals surface area contributed by atoms with Crippen LogP contribution >= 0.6 is 0 Å². The van der Waals surface area contributed by atoms with Crippen molar-refractivity contribution in [3.8, 4) is 0 Å². The monoisotopic (exact) mass is 346 g/mol. The summed E-state index contributed by atoms with van der Waals surface area (Å²) in [5, 5.41) is 0. The molecule has 0 amide bonds. The molecule has 2 aromatic heterocycles. The Morgan fingerprint density at radius 2 is 0.962 bits per heavy atom. The van der Waals surface area contributed by atoms with Gasteiger partial charge >= 0.3 is 0 Å². The molecule has 0 fully saturated rings. The van der Waals surface area contributed by atoms with E-state index in [-0.39, 0.29) is 11.6 Å². The molecule has 0 bridgehead atoms. The minimum Gasteiger partial charge on any atom is -0.361 e. The minimum absolute atomic E-state index is 0.363. The van der Waals surface area contributed by atoms with Crippen LogP contribution in [0, 0.1) is 11.6 Å². The highest BCUT2D eigenvalue weighted by Gasteiger charge is 2.21. The lowest BCUT2D eigenvalue weighted by Crippen LogP contribution is -2.01. The summed E-state index contributed by atoms with van der Waals surface area (Å²) in [5.74, 6) is -0.727. The number of H-pyrrole nitrogens is 2. The number of benzene rings is 2. The molecule has 128 valence electrons. The lowest BCUT2D eigenvalue weighted by Gasteiger charge is -2.16. The van der Waals surface area contributed by atoms with Gasteiger partial charge in [0.25, 0.3) is 0 Å². The van der Waals surface area contributed by atoms with Crippen molar-refractivity contribution in [2.45, 2.75) is 0 Å². The van der Waals surface area contributed by atoms with E-state index in [0.717, 1.165) is 0 Å². The van der Waals surface area contributed by atoms with E-state index < -0.39 is 0 Å². The second kappa shape index (κ2) is 6.84. The van der Waals surface area contributed by atoms with Gasteiger partial charge in [-0.15, -0.1) is 0 Å². The fourth-order valence-corrected chi connectivity index (χ4v) is 3.13. The number of hydrogen-bond donors (Lipinski definition) is 2. The number of aromatic nitrogens is 2. The molecule has 0 radical (unpaired) electrons. The van der Waals surface area contributed by atoms with Crippen molar-refractivity contribution in [2.24, 2.45) is 0 Å². The van der Waals surface area contributed by atoms with Gasteiger partial charge in [0.05, 0.1) is 0 Å². The van der Waals surface area contributed by atoms with Gasteiger partial charge in [-0.1, -0.05) is 36.4 Å². The zero-order valence-electron chi connectivity index (χ0n) is 13.8. The van der Waals surface area contributed by atoms with Gasteiger partial charge in [-0.25, -0.2) is 8.78 Å². The maximum Gasteiger partial charge on any atom is 0.131 e.